The molecule has 1 aliphatic rings. The van der Waals surface area contributed by atoms with Crippen molar-refractivity contribution in [2.75, 3.05) is 13.1 Å². The molecule has 1 aromatic carbocycles. The smallest absolute Gasteiger partial charge is 0.253 e. The van der Waals surface area contributed by atoms with Crippen LogP contribution in [-0.2, 0) is 0 Å². The van der Waals surface area contributed by atoms with Crippen LogP contribution in [-0.4, -0.2) is 49.3 Å². The summed E-state index contributed by atoms with van der Waals surface area (Å²) in [4.78, 5) is 23.4. The number of carbonyl (C=O) groups excluding carboxylic acids is 1. The number of aromatic amines is 1. The lowest BCUT2D eigenvalue weighted by molar-refractivity contribution is 0.0790. The molecule has 1 fully saturated rings. The van der Waals surface area contributed by atoms with E-state index >= 15 is 0 Å². The molecule has 0 bridgehead atoms. The molecule has 23 heavy (non-hydrogen) atoms. The topological polar surface area (TPSA) is 87.7 Å². The zero-order chi connectivity index (χ0) is 15.8. The average Bonchev–Trinajstić information content (AvgIpc) is 3.22. The maximum absolute atomic E-state index is 12.7. The van der Waals surface area contributed by atoms with Crippen molar-refractivity contribution in [1.29, 1.82) is 0 Å². The van der Waals surface area contributed by atoms with E-state index in [1.165, 1.54) is 0 Å². The van der Waals surface area contributed by atoms with Gasteiger partial charge >= 0.3 is 0 Å². The molecule has 0 radical (unpaired) electrons. The molecule has 0 aliphatic carbocycles. The fourth-order valence-electron chi connectivity index (χ4n) is 2.98. The van der Waals surface area contributed by atoms with Gasteiger partial charge in [0.2, 0.25) is 0 Å². The van der Waals surface area contributed by atoms with E-state index < -0.39 is 0 Å². The van der Waals surface area contributed by atoms with Gasteiger partial charge in [0.1, 0.15) is 16.9 Å². The molecule has 0 saturated carbocycles. The van der Waals surface area contributed by atoms with Crippen LogP contribution in [0.3, 0.4) is 0 Å². The highest BCUT2D eigenvalue weighted by Crippen LogP contribution is 2.26. The number of H-pyrrole nitrogens is 1. The SMILES string of the molecule is Cc1ccnc([C@H]2CCN(C(=O)c3ccc4n[nH]nc4c3)C2)n1. The predicted molar refractivity (Wildman–Crippen MR) is 83.9 cm³/mol. The summed E-state index contributed by atoms with van der Waals surface area (Å²) in [5.41, 5.74) is 3.05. The molecule has 1 N–H and O–H groups in total. The third-order valence-corrected chi connectivity index (χ3v) is 4.22. The van der Waals surface area contributed by atoms with Gasteiger partial charge < -0.3 is 4.90 Å². The van der Waals surface area contributed by atoms with E-state index in [1.807, 2.05) is 24.0 Å². The lowest BCUT2D eigenvalue weighted by Crippen LogP contribution is -2.28. The predicted octanol–water partition coefficient (Wildman–Crippen LogP) is 1.69. The fourth-order valence-corrected chi connectivity index (χ4v) is 2.98. The minimum Gasteiger partial charge on any atom is -0.338 e. The first-order valence-electron chi connectivity index (χ1n) is 7.60. The van der Waals surface area contributed by atoms with Gasteiger partial charge in [-0.2, -0.15) is 15.4 Å². The van der Waals surface area contributed by atoms with Crippen LogP contribution in [0.1, 0.15) is 34.2 Å². The molecule has 7 nitrogen and oxygen atoms in total. The Hall–Kier alpha value is -2.83. The molecule has 7 heteroatoms. The van der Waals surface area contributed by atoms with Crippen molar-refractivity contribution < 1.29 is 4.79 Å². The van der Waals surface area contributed by atoms with Crippen molar-refractivity contribution in [3.05, 3.63) is 47.5 Å². The van der Waals surface area contributed by atoms with Gasteiger partial charge in [-0.3, -0.25) is 4.79 Å². The van der Waals surface area contributed by atoms with Gasteiger partial charge in [0.15, 0.2) is 0 Å². The minimum atomic E-state index is 0.0186. The van der Waals surface area contributed by atoms with Gasteiger partial charge in [-0.15, -0.1) is 0 Å². The monoisotopic (exact) mass is 308 g/mol. The maximum atomic E-state index is 12.7. The first-order chi connectivity index (χ1) is 11.2. The van der Waals surface area contributed by atoms with Crippen LogP contribution in [0.5, 0.6) is 0 Å². The highest BCUT2D eigenvalue weighted by Gasteiger charge is 2.29. The number of nitrogens with one attached hydrogen (secondary N) is 1. The molecule has 2 aromatic heterocycles. The zero-order valence-electron chi connectivity index (χ0n) is 12.7. The Kier molecular flexibility index (Phi) is 3.25. The molecule has 1 saturated heterocycles. The molecule has 0 spiro atoms. The van der Waals surface area contributed by atoms with Gasteiger partial charge in [-0.05, 0) is 37.6 Å². The van der Waals surface area contributed by atoms with Crippen LogP contribution in [0, 0.1) is 6.92 Å². The van der Waals surface area contributed by atoms with E-state index in [4.69, 9.17) is 0 Å². The summed E-state index contributed by atoms with van der Waals surface area (Å²) in [7, 11) is 0. The number of carbonyl (C=O) groups is 1. The number of nitrogens with zero attached hydrogens (tertiary/aromatic N) is 5. The molecule has 1 aliphatic heterocycles. The number of benzene rings is 1. The molecule has 1 atom stereocenters. The molecule has 116 valence electrons. The third kappa shape index (κ3) is 2.54. The Morgan fingerprint density at radius 3 is 3.00 bits per heavy atom. The van der Waals surface area contributed by atoms with Crippen LogP contribution in [0.15, 0.2) is 30.5 Å². The number of aromatic nitrogens is 5. The highest BCUT2D eigenvalue weighted by molar-refractivity contribution is 5.97. The van der Waals surface area contributed by atoms with Crippen LogP contribution in [0.2, 0.25) is 0 Å². The van der Waals surface area contributed by atoms with Crippen LogP contribution >= 0.6 is 0 Å². The number of rotatable bonds is 2. The van der Waals surface area contributed by atoms with Gasteiger partial charge in [0.25, 0.3) is 5.91 Å². The van der Waals surface area contributed by atoms with E-state index in [9.17, 15) is 4.79 Å². The van der Waals surface area contributed by atoms with E-state index in [1.54, 1.807) is 18.3 Å². The lowest BCUT2D eigenvalue weighted by atomic mass is 10.1. The van der Waals surface area contributed by atoms with Gasteiger partial charge in [0.05, 0.1) is 0 Å². The fraction of sp³-hybridized carbons (Fsp3) is 0.312. The number of fused-ring (bicyclic) bond motifs is 1. The summed E-state index contributed by atoms with van der Waals surface area (Å²) >= 11 is 0. The van der Waals surface area contributed by atoms with Crippen molar-refractivity contribution in [1.82, 2.24) is 30.3 Å². The first-order valence-corrected chi connectivity index (χ1v) is 7.60. The van der Waals surface area contributed by atoms with Gasteiger partial charge in [-0.1, -0.05) is 0 Å². The van der Waals surface area contributed by atoms with Crippen molar-refractivity contribution in [3.63, 3.8) is 0 Å². The van der Waals surface area contributed by atoms with Gasteiger partial charge in [0, 0.05) is 36.5 Å². The second-order valence-corrected chi connectivity index (χ2v) is 5.82. The van der Waals surface area contributed by atoms with E-state index in [0.717, 1.165) is 30.0 Å². The maximum Gasteiger partial charge on any atom is 0.253 e. The van der Waals surface area contributed by atoms with E-state index in [-0.39, 0.29) is 11.8 Å². The number of hydrogen-bond donors (Lipinski definition) is 1. The summed E-state index contributed by atoms with van der Waals surface area (Å²) in [6.07, 6.45) is 2.67. The molecule has 0 unspecified atom stereocenters. The summed E-state index contributed by atoms with van der Waals surface area (Å²) in [6, 6.07) is 7.26. The second kappa shape index (κ2) is 5.42. The Morgan fingerprint density at radius 2 is 2.13 bits per heavy atom. The van der Waals surface area contributed by atoms with Crippen molar-refractivity contribution in [2.45, 2.75) is 19.3 Å². The van der Waals surface area contributed by atoms with Crippen molar-refractivity contribution in [3.8, 4) is 0 Å². The third-order valence-electron chi connectivity index (χ3n) is 4.22. The number of amides is 1. The summed E-state index contributed by atoms with van der Waals surface area (Å²) in [5.74, 6) is 1.05. The molecular formula is C16H16N6O. The standard InChI is InChI=1S/C16H16N6O/c1-10-4-6-17-15(18-10)12-5-7-22(9-12)16(23)11-2-3-13-14(8-11)20-21-19-13/h2-4,6,8,12H,5,7,9H2,1H3,(H,19,20,21)/t12-/m0/s1. The van der Waals surface area contributed by atoms with Crippen LogP contribution in [0.25, 0.3) is 11.0 Å². The normalized spacial score (nSPS) is 17.8. The second-order valence-electron chi connectivity index (χ2n) is 5.82. The van der Waals surface area contributed by atoms with Crippen LogP contribution < -0.4 is 0 Å². The molecule has 1 amide bonds. The molecule has 3 aromatic rings. The van der Waals surface area contributed by atoms with E-state index in [2.05, 4.69) is 25.4 Å². The number of aryl methyl sites for hydroxylation is 1. The average molecular weight is 308 g/mol. The van der Waals surface area contributed by atoms with Crippen molar-refractivity contribution >= 4 is 16.9 Å². The molecule has 3 heterocycles. The molecular weight excluding hydrogens is 292 g/mol. The number of likely N-dealkylation sites (tertiary alicyclic amines) is 1. The summed E-state index contributed by atoms with van der Waals surface area (Å²) in [6.45, 7) is 3.33. The largest absolute Gasteiger partial charge is 0.338 e. The Labute approximate surface area is 132 Å². The summed E-state index contributed by atoms with van der Waals surface area (Å²) in [5, 5.41) is 10.6. The number of hydrogen-bond acceptors (Lipinski definition) is 5. The van der Waals surface area contributed by atoms with Crippen molar-refractivity contribution in [2.24, 2.45) is 0 Å². The Balaban J connectivity index is 1.53. The van der Waals surface area contributed by atoms with E-state index in [0.29, 0.717) is 17.6 Å². The first kappa shape index (κ1) is 13.8. The van der Waals surface area contributed by atoms with Crippen LogP contribution in [0.4, 0.5) is 0 Å². The molecule has 4 rings (SSSR count). The minimum absolute atomic E-state index is 0.0186. The van der Waals surface area contributed by atoms with Gasteiger partial charge in [-0.25, -0.2) is 9.97 Å². The Bertz CT molecular complexity index is 874. The quantitative estimate of drug-likeness (QED) is 0.778. The summed E-state index contributed by atoms with van der Waals surface area (Å²) < 4.78 is 0. The lowest BCUT2D eigenvalue weighted by Gasteiger charge is -2.16. The zero-order valence-corrected chi connectivity index (χ0v) is 12.7. The highest BCUT2D eigenvalue weighted by atomic mass is 16.2. The Morgan fingerprint density at radius 1 is 1.26 bits per heavy atom.